The minimum Gasteiger partial charge on any atom is -0.352 e. The van der Waals surface area contributed by atoms with E-state index in [9.17, 15) is 4.79 Å². The van der Waals surface area contributed by atoms with Gasteiger partial charge in [0.1, 0.15) is 5.82 Å². The van der Waals surface area contributed by atoms with Crippen molar-refractivity contribution in [1.29, 1.82) is 0 Å². The second-order valence-corrected chi connectivity index (χ2v) is 10.2. The minimum atomic E-state index is -0.0927. The molecule has 0 unspecified atom stereocenters. The minimum absolute atomic E-state index is 0.0927. The van der Waals surface area contributed by atoms with Crippen LogP contribution in [0.3, 0.4) is 0 Å². The lowest BCUT2D eigenvalue weighted by Gasteiger charge is -2.25. The van der Waals surface area contributed by atoms with Crippen molar-refractivity contribution in [1.82, 2.24) is 25.6 Å². The van der Waals surface area contributed by atoms with E-state index in [-0.39, 0.29) is 12.3 Å². The van der Waals surface area contributed by atoms with Crippen molar-refractivity contribution in [3.63, 3.8) is 0 Å². The summed E-state index contributed by atoms with van der Waals surface area (Å²) in [5.74, 6) is 1.17. The van der Waals surface area contributed by atoms with Gasteiger partial charge in [-0.15, -0.1) is 10.2 Å². The molecule has 0 spiro atoms. The van der Waals surface area contributed by atoms with Crippen LogP contribution < -0.4 is 10.2 Å². The van der Waals surface area contributed by atoms with Gasteiger partial charge in [-0.3, -0.25) is 4.79 Å². The number of nitrogens with zero attached hydrogens (tertiary/aromatic N) is 5. The molecule has 2 heterocycles. The Kier molecular flexibility index (Phi) is 7.94. The number of fused-ring (bicyclic) bond motifs is 1. The van der Waals surface area contributed by atoms with E-state index in [4.69, 9.17) is 4.98 Å². The van der Waals surface area contributed by atoms with Gasteiger partial charge in [-0.25, -0.2) is 4.98 Å². The monoisotopic (exact) mass is 553 g/mol. The molecule has 0 bridgehead atoms. The maximum Gasteiger partial charge on any atom is 0.228 e. The fourth-order valence-electron chi connectivity index (χ4n) is 5.15. The molecule has 4 aromatic carbocycles. The third kappa shape index (κ3) is 6.18. The van der Waals surface area contributed by atoms with Crippen molar-refractivity contribution in [2.45, 2.75) is 26.3 Å². The molecule has 0 atom stereocenters. The van der Waals surface area contributed by atoms with Gasteiger partial charge < -0.3 is 10.2 Å². The highest BCUT2D eigenvalue weighted by Crippen LogP contribution is 2.32. The molecule has 6 aromatic rings. The number of aromatic nitrogens is 5. The molecule has 42 heavy (non-hydrogen) atoms. The van der Waals surface area contributed by atoms with Crippen molar-refractivity contribution in [2.24, 2.45) is 0 Å². The van der Waals surface area contributed by atoms with Gasteiger partial charge in [-0.05, 0) is 39.6 Å². The predicted molar refractivity (Wildman–Crippen MR) is 167 cm³/mol. The van der Waals surface area contributed by atoms with Crippen LogP contribution in [0.2, 0.25) is 0 Å². The molecule has 0 aliphatic rings. The molecule has 0 saturated carbocycles. The first-order valence-corrected chi connectivity index (χ1v) is 14.1. The molecule has 1 amide bonds. The molecular formula is C34H31N7O. The molecule has 208 valence electrons. The van der Waals surface area contributed by atoms with Crippen LogP contribution >= 0.6 is 0 Å². The first-order valence-electron chi connectivity index (χ1n) is 14.1. The van der Waals surface area contributed by atoms with E-state index in [0.717, 1.165) is 46.2 Å². The molecule has 0 radical (unpaired) electrons. The Hall–Kier alpha value is -5.37. The third-order valence-electron chi connectivity index (χ3n) is 7.10. The van der Waals surface area contributed by atoms with Gasteiger partial charge in [-0.1, -0.05) is 104 Å². The van der Waals surface area contributed by atoms with Crippen molar-refractivity contribution < 1.29 is 4.79 Å². The molecule has 2 aromatic heterocycles. The summed E-state index contributed by atoms with van der Waals surface area (Å²) < 4.78 is 0. The average Bonchev–Trinajstić information content (AvgIpc) is 3.56. The van der Waals surface area contributed by atoms with Crippen LogP contribution in [0.1, 0.15) is 24.5 Å². The second-order valence-electron chi connectivity index (χ2n) is 10.2. The van der Waals surface area contributed by atoms with E-state index in [1.165, 1.54) is 5.56 Å². The number of rotatable bonds is 10. The molecule has 0 aliphatic heterocycles. The molecule has 0 saturated heterocycles. The quantitative estimate of drug-likeness (QED) is 0.196. The average molecular weight is 554 g/mol. The van der Waals surface area contributed by atoms with Crippen molar-refractivity contribution in [3.05, 3.63) is 120 Å². The lowest BCUT2D eigenvalue weighted by molar-refractivity contribution is -0.115. The van der Waals surface area contributed by atoms with Gasteiger partial charge in [0.2, 0.25) is 11.7 Å². The first kappa shape index (κ1) is 26.8. The fraction of sp³-hybridized carbons (Fsp3) is 0.147. The molecular weight excluding hydrogens is 522 g/mol. The largest absolute Gasteiger partial charge is 0.352 e. The Morgan fingerprint density at radius 3 is 2.36 bits per heavy atom. The van der Waals surface area contributed by atoms with E-state index in [2.05, 4.69) is 74.2 Å². The van der Waals surface area contributed by atoms with Crippen LogP contribution in [0.5, 0.6) is 0 Å². The molecule has 0 fully saturated rings. The Morgan fingerprint density at radius 1 is 0.810 bits per heavy atom. The zero-order chi connectivity index (χ0) is 28.7. The second kappa shape index (κ2) is 12.4. The van der Waals surface area contributed by atoms with Gasteiger partial charge in [0.25, 0.3) is 0 Å². The summed E-state index contributed by atoms with van der Waals surface area (Å²) in [7, 11) is 0. The lowest BCUT2D eigenvalue weighted by atomic mass is 10.0. The molecule has 2 N–H and O–H groups in total. The maximum atomic E-state index is 13.3. The number of carbonyl (C=O) groups is 1. The highest BCUT2D eigenvalue weighted by Gasteiger charge is 2.17. The Balaban J connectivity index is 1.36. The smallest absolute Gasteiger partial charge is 0.228 e. The van der Waals surface area contributed by atoms with Gasteiger partial charge in [0.05, 0.1) is 12.1 Å². The number of aromatic amines is 1. The van der Waals surface area contributed by atoms with E-state index >= 15 is 0 Å². The zero-order valence-electron chi connectivity index (χ0n) is 23.4. The van der Waals surface area contributed by atoms with Gasteiger partial charge in [0, 0.05) is 36.0 Å². The van der Waals surface area contributed by atoms with E-state index < -0.39 is 0 Å². The molecule has 6 rings (SSSR count). The summed E-state index contributed by atoms with van der Waals surface area (Å²) in [6, 6.07) is 36.3. The van der Waals surface area contributed by atoms with Crippen LogP contribution in [-0.2, 0) is 17.8 Å². The number of nitrogens with one attached hydrogen (secondary N) is 2. The Labute approximate surface area is 244 Å². The Morgan fingerprint density at radius 2 is 1.57 bits per heavy atom. The summed E-state index contributed by atoms with van der Waals surface area (Å²) >= 11 is 0. The standard InChI is InChI=1S/C34H31N7O/c1-2-18-41(23-24-10-4-3-5-11-24)32-22-28(35-33(42)20-25-16-17-26-12-6-7-13-27(26)19-25)21-31(36-32)29-14-8-9-15-30(29)34-37-39-40-38-34/h3-17,19,21-22H,2,18,20,23H2,1H3,(H,35,36,42)(H,37,38,39,40). The summed E-state index contributed by atoms with van der Waals surface area (Å²) in [5.41, 5.74) is 5.18. The number of hydrogen-bond acceptors (Lipinski definition) is 6. The van der Waals surface area contributed by atoms with Gasteiger partial charge in [0.15, 0.2) is 0 Å². The number of hydrogen-bond donors (Lipinski definition) is 2. The number of pyridine rings is 1. The normalized spacial score (nSPS) is 11.0. The molecule has 8 nitrogen and oxygen atoms in total. The van der Waals surface area contributed by atoms with E-state index in [1.54, 1.807) is 0 Å². The number of tetrazole rings is 1. The van der Waals surface area contributed by atoms with Gasteiger partial charge in [-0.2, -0.15) is 5.21 Å². The maximum absolute atomic E-state index is 13.3. The van der Waals surface area contributed by atoms with Crippen LogP contribution in [0.15, 0.2) is 109 Å². The van der Waals surface area contributed by atoms with Crippen molar-refractivity contribution >= 4 is 28.2 Å². The Bertz CT molecular complexity index is 1800. The third-order valence-corrected chi connectivity index (χ3v) is 7.10. The fourth-order valence-corrected chi connectivity index (χ4v) is 5.15. The lowest BCUT2D eigenvalue weighted by Crippen LogP contribution is -2.25. The summed E-state index contributed by atoms with van der Waals surface area (Å²) in [4.78, 5) is 20.7. The highest BCUT2D eigenvalue weighted by molar-refractivity contribution is 5.94. The number of amides is 1. The van der Waals surface area contributed by atoms with Gasteiger partial charge >= 0.3 is 0 Å². The molecule has 0 aliphatic carbocycles. The number of carbonyl (C=O) groups excluding carboxylic acids is 1. The first-order chi connectivity index (χ1) is 20.7. The summed E-state index contributed by atoms with van der Waals surface area (Å²) in [5, 5.41) is 20.1. The van der Waals surface area contributed by atoms with Crippen LogP contribution in [0.25, 0.3) is 33.4 Å². The highest BCUT2D eigenvalue weighted by atomic mass is 16.1. The van der Waals surface area contributed by atoms with Crippen molar-refractivity contribution in [2.75, 3.05) is 16.8 Å². The van der Waals surface area contributed by atoms with Crippen molar-refractivity contribution in [3.8, 4) is 22.6 Å². The SMILES string of the molecule is CCCN(Cc1ccccc1)c1cc(NC(=O)Cc2ccc3ccccc3c2)cc(-c2ccccc2-c2nn[nH]n2)n1. The van der Waals surface area contributed by atoms with Crippen LogP contribution in [0.4, 0.5) is 11.5 Å². The van der Waals surface area contributed by atoms with E-state index in [0.29, 0.717) is 23.8 Å². The summed E-state index contributed by atoms with van der Waals surface area (Å²) in [6.45, 7) is 3.66. The molecule has 8 heteroatoms. The number of anilines is 2. The van der Waals surface area contributed by atoms with E-state index in [1.807, 2.05) is 72.8 Å². The van der Waals surface area contributed by atoms with Crippen LogP contribution in [0, 0.1) is 0 Å². The number of H-pyrrole nitrogens is 1. The van der Waals surface area contributed by atoms with Crippen LogP contribution in [-0.4, -0.2) is 38.1 Å². The summed E-state index contributed by atoms with van der Waals surface area (Å²) in [6.07, 6.45) is 1.21. The zero-order valence-corrected chi connectivity index (χ0v) is 23.4. The number of benzene rings is 4. The predicted octanol–water partition coefficient (Wildman–Crippen LogP) is 6.68. The topological polar surface area (TPSA) is 99.7 Å².